The molecule has 20 heavy (non-hydrogen) atoms. The fourth-order valence-corrected chi connectivity index (χ4v) is 1.48. The normalized spacial score (nSPS) is 9.35. The van der Waals surface area contributed by atoms with Crippen LogP contribution in [0.5, 0.6) is 0 Å². The molecule has 0 aliphatic heterocycles. The van der Waals surface area contributed by atoms with Crippen molar-refractivity contribution >= 4 is 11.8 Å². The van der Waals surface area contributed by atoms with Crippen LogP contribution in [-0.2, 0) is 0 Å². The van der Waals surface area contributed by atoms with Crippen LogP contribution in [0.15, 0.2) is 48.5 Å². The van der Waals surface area contributed by atoms with Gasteiger partial charge in [-0.15, -0.1) is 0 Å². The molecule has 3 nitrogen and oxygen atoms in total. The maximum absolute atomic E-state index is 10.8. The van der Waals surface area contributed by atoms with Crippen molar-refractivity contribution in [3.63, 3.8) is 0 Å². The number of hydrogen-bond donors (Lipinski definition) is 1. The number of aryl methyl sites for hydroxylation is 2. The zero-order valence-electron chi connectivity index (χ0n) is 11.9. The number of carboxylic acid groups (broad SMARTS) is 1. The van der Waals surface area contributed by atoms with E-state index in [9.17, 15) is 9.59 Å². The summed E-state index contributed by atoms with van der Waals surface area (Å²) >= 11 is 0. The molecule has 0 amide bonds. The molecule has 0 aliphatic carbocycles. The minimum Gasteiger partial charge on any atom is -0.478 e. The monoisotopic (exact) mass is 270 g/mol. The Hall–Kier alpha value is -2.42. The topological polar surface area (TPSA) is 54.4 Å². The Bertz CT molecular complexity index is 525. The van der Waals surface area contributed by atoms with Crippen LogP contribution in [0.3, 0.4) is 0 Å². The summed E-state index contributed by atoms with van der Waals surface area (Å²) in [5.41, 5.74) is 3.38. The van der Waals surface area contributed by atoms with Crippen molar-refractivity contribution in [3.05, 3.63) is 70.8 Å². The van der Waals surface area contributed by atoms with Gasteiger partial charge in [-0.05, 0) is 32.9 Å². The summed E-state index contributed by atoms with van der Waals surface area (Å²) < 4.78 is 0. The van der Waals surface area contributed by atoms with E-state index in [4.69, 9.17) is 5.11 Å². The molecule has 2 rings (SSSR count). The summed E-state index contributed by atoms with van der Waals surface area (Å²) in [5, 5.41) is 8.48. The largest absolute Gasteiger partial charge is 0.478 e. The molecule has 0 fully saturated rings. The molecule has 3 heteroatoms. The number of carbonyl (C=O) groups excluding carboxylic acids is 1. The Labute approximate surface area is 118 Å². The molecular formula is C17H18O3. The van der Waals surface area contributed by atoms with Crippen molar-refractivity contribution in [3.8, 4) is 0 Å². The SMILES string of the molecule is CC(=O)c1ccc(C)cc1.Cc1ccc(C(=O)O)cc1. The van der Waals surface area contributed by atoms with Crippen LogP contribution in [0.25, 0.3) is 0 Å². The molecule has 0 radical (unpaired) electrons. The van der Waals surface area contributed by atoms with E-state index >= 15 is 0 Å². The molecule has 0 heterocycles. The maximum atomic E-state index is 10.8. The van der Waals surface area contributed by atoms with E-state index < -0.39 is 5.97 Å². The summed E-state index contributed by atoms with van der Waals surface area (Å²) in [6, 6.07) is 14.3. The molecule has 104 valence electrons. The number of carboxylic acids is 1. The molecule has 0 aromatic heterocycles. The summed E-state index contributed by atoms with van der Waals surface area (Å²) in [6.45, 7) is 5.50. The van der Waals surface area contributed by atoms with Gasteiger partial charge in [0.15, 0.2) is 5.78 Å². The van der Waals surface area contributed by atoms with Crippen LogP contribution in [0, 0.1) is 13.8 Å². The lowest BCUT2D eigenvalue weighted by Crippen LogP contribution is -1.94. The van der Waals surface area contributed by atoms with Gasteiger partial charge in [-0.2, -0.15) is 0 Å². The first kappa shape index (κ1) is 15.6. The number of carbonyl (C=O) groups is 2. The van der Waals surface area contributed by atoms with Gasteiger partial charge >= 0.3 is 5.97 Å². The number of rotatable bonds is 2. The number of benzene rings is 2. The van der Waals surface area contributed by atoms with E-state index in [1.54, 1.807) is 31.2 Å². The van der Waals surface area contributed by atoms with Crippen molar-refractivity contribution in [2.75, 3.05) is 0 Å². The first-order valence-corrected chi connectivity index (χ1v) is 6.27. The highest BCUT2D eigenvalue weighted by atomic mass is 16.4. The summed E-state index contributed by atoms with van der Waals surface area (Å²) in [4.78, 5) is 21.1. The van der Waals surface area contributed by atoms with Crippen LogP contribution in [0.1, 0.15) is 38.8 Å². The van der Waals surface area contributed by atoms with Crippen molar-refractivity contribution in [1.29, 1.82) is 0 Å². The van der Waals surface area contributed by atoms with Crippen LogP contribution >= 0.6 is 0 Å². The molecule has 0 aliphatic rings. The first-order chi connectivity index (χ1) is 9.40. The Morgan fingerprint density at radius 1 is 0.750 bits per heavy atom. The van der Waals surface area contributed by atoms with Gasteiger partial charge in [0.25, 0.3) is 0 Å². The molecular weight excluding hydrogens is 252 g/mol. The van der Waals surface area contributed by atoms with E-state index in [2.05, 4.69) is 0 Å². The lowest BCUT2D eigenvalue weighted by molar-refractivity contribution is 0.0696. The molecule has 2 aromatic rings. The Balaban J connectivity index is 0.000000200. The molecule has 2 aromatic carbocycles. The second kappa shape index (κ2) is 7.24. The second-order valence-corrected chi connectivity index (χ2v) is 4.59. The minimum absolute atomic E-state index is 0.125. The fourth-order valence-electron chi connectivity index (χ4n) is 1.48. The highest BCUT2D eigenvalue weighted by molar-refractivity contribution is 5.94. The van der Waals surface area contributed by atoms with E-state index in [0.29, 0.717) is 5.56 Å². The van der Waals surface area contributed by atoms with Crippen molar-refractivity contribution in [1.82, 2.24) is 0 Å². The molecule has 0 saturated carbocycles. The zero-order chi connectivity index (χ0) is 15.1. The maximum Gasteiger partial charge on any atom is 0.335 e. The van der Waals surface area contributed by atoms with Gasteiger partial charge < -0.3 is 5.11 Å². The van der Waals surface area contributed by atoms with Gasteiger partial charge in [0.05, 0.1) is 5.56 Å². The molecule has 0 bridgehead atoms. The van der Waals surface area contributed by atoms with Gasteiger partial charge in [-0.3, -0.25) is 4.79 Å². The van der Waals surface area contributed by atoms with Crippen LogP contribution in [-0.4, -0.2) is 16.9 Å². The predicted molar refractivity (Wildman–Crippen MR) is 79.3 cm³/mol. The van der Waals surface area contributed by atoms with Gasteiger partial charge in [0, 0.05) is 5.56 Å². The average molecular weight is 270 g/mol. The van der Waals surface area contributed by atoms with Crippen LogP contribution < -0.4 is 0 Å². The van der Waals surface area contributed by atoms with Crippen molar-refractivity contribution in [2.24, 2.45) is 0 Å². The third kappa shape index (κ3) is 5.06. The lowest BCUT2D eigenvalue weighted by Gasteiger charge is -1.93. The lowest BCUT2D eigenvalue weighted by atomic mass is 10.1. The van der Waals surface area contributed by atoms with Gasteiger partial charge in [-0.25, -0.2) is 4.79 Å². The Morgan fingerprint density at radius 3 is 1.40 bits per heavy atom. The van der Waals surface area contributed by atoms with Gasteiger partial charge in [0.2, 0.25) is 0 Å². The third-order valence-electron chi connectivity index (χ3n) is 2.76. The first-order valence-electron chi connectivity index (χ1n) is 6.27. The van der Waals surface area contributed by atoms with Gasteiger partial charge in [-0.1, -0.05) is 47.5 Å². The second-order valence-electron chi connectivity index (χ2n) is 4.59. The van der Waals surface area contributed by atoms with Crippen LogP contribution in [0.4, 0.5) is 0 Å². The third-order valence-corrected chi connectivity index (χ3v) is 2.76. The number of aromatic carboxylic acids is 1. The Kier molecular flexibility index (Phi) is 5.66. The highest BCUT2D eigenvalue weighted by Crippen LogP contribution is 2.03. The van der Waals surface area contributed by atoms with E-state index in [-0.39, 0.29) is 5.78 Å². The zero-order valence-corrected chi connectivity index (χ0v) is 11.9. The van der Waals surface area contributed by atoms with Crippen LogP contribution in [0.2, 0.25) is 0 Å². The van der Waals surface area contributed by atoms with Crippen molar-refractivity contribution < 1.29 is 14.7 Å². The number of ketones is 1. The molecule has 0 unspecified atom stereocenters. The predicted octanol–water partition coefficient (Wildman–Crippen LogP) is 3.89. The molecule has 1 N–H and O–H groups in total. The number of Topliss-reactive ketones (excluding diaryl/α,β-unsaturated/α-hetero) is 1. The smallest absolute Gasteiger partial charge is 0.335 e. The molecule has 0 atom stereocenters. The summed E-state index contributed by atoms with van der Waals surface area (Å²) in [6.07, 6.45) is 0. The van der Waals surface area contributed by atoms with Gasteiger partial charge in [0.1, 0.15) is 0 Å². The average Bonchev–Trinajstić information content (AvgIpc) is 2.40. The van der Waals surface area contributed by atoms with E-state index in [1.165, 1.54) is 5.56 Å². The minimum atomic E-state index is -0.875. The summed E-state index contributed by atoms with van der Waals surface area (Å²) in [7, 11) is 0. The standard InChI is InChI=1S/C9H10O.C8H8O2/c1-7-3-5-9(6-4-7)8(2)10;1-6-2-4-7(5-3-6)8(9)10/h3-6H,1-2H3;2-5H,1H3,(H,9,10). The van der Waals surface area contributed by atoms with E-state index in [1.807, 2.05) is 38.1 Å². The fraction of sp³-hybridized carbons (Fsp3) is 0.176. The van der Waals surface area contributed by atoms with Crippen molar-refractivity contribution in [2.45, 2.75) is 20.8 Å². The summed E-state index contributed by atoms with van der Waals surface area (Å²) in [5.74, 6) is -0.750. The molecule has 0 saturated heterocycles. The number of hydrogen-bond acceptors (Lipinski definition) is 2. The quantitative estimate of drug-likeness (QED) is 0.842. The Morgan fingerprint density at radius 2 is 1.10 bits per heavy atom. The highest BCUT2D eigenvalue weighted by Gasteiger charge is 1.98. The van der Waals surface area contributed by atoms with E-state index in [0.717, 1.165) is 11.1 Å². The molecule has 0 spiro atoms.